The van der Waals surface area contributed by atoms with Crippen molar-refractivity contribution in [2.24, 2.45) is 0 Å². The van der Waals surface area contributed by atoms with Crippen LogP contribution in [0.2, 0.25) is 0 Å². The molecule has 0 saturated heterocycles. The van der Waals surface area contributed by atoms with Crippen molar-refractivity contribution in [2.75, 3.05) is 23.8 Å². The fraction of sp³-hybridized carbons (Fsp3) is 0.250. The zero-order valence-electron chi connectivity index (χ0n) is 14.0. The van der Waals surface area contributed by atoms with Crippen molar-refractivity contribution in [1.82, 2.24) is 9.97 Å². The first kappa shape index (κ1) is 19.0. The molecule has 0 aliphatic heterocycles. The van der Waals surface area contributed by atoms with Crippen molar-refractivity contribution in [3.63, 3.8) is 0 Å². The topological polar surface area (TPSA) is 102 Å². The van der Waals surface area contributed by atoms with Gasteiger partial charge >= 0.3 is 12.2 Å². The molecule has 2 aromatic heterocycles. The molecule has 8 nitrogen and oxygen atoms in total. The highest BCUT2D eigenvalue weighted by atomic mass is 19.1. The lowest BCUT2D eigenvalue weighted by molar-refractivity contribution is 0.167. The molecule has 0 saturated carbocycles. The minimum Gasteiger partial charge on any atom is -0.450 e. The summed E-state index contributed by atoms with van der Waals surface area (Å²) < 4.78 is 37.3. The maximum atomic E-state index is 14.0. The first-order valence-corrected chi connectivity index (χ1v) is 7.65. The van der Waals surface area contributed by atoms with Crippen LogP contribution >= 0.6 is 0 Å². The molecule has 2 N–H and O–H groups in total. The first-order chi connectivity index (χ1) is 12.4. The standard InChI is InChI=1S/C16H16F2N4O4/c1-3-25-15(23)21-11-7-5-9(19-13(11)17)10-6-8-12(14(18)20-10)22-16(24)26-4-2/h5-8H,3-4H2,1-2H3,(H,21,23)(H,22,24). The van der Waals surface area contributed by atoms with Crippen molar-refractivity contribution in [3.05, 3.63) is 36.2 Å². The second kappa shape index (κ2) is 8.70. The van der Waals surface area contributed by atoms with Crippen LogP contribution in [0.3, 0.4) is 0 Å². The summed E-state index contributed by atoms with van der Waals surface area (Å²) in [5.41, 5.74) is -0.293. The van der Waals surface area contributed by atoms with Crippen LogP contribution in [0.1, 0.15) is 13.8 Å². The quantitative estimate of drug-likeness (QED) is 0.785. The van der Waals surface area contributed by atoms with E-state index < -0.39 is 24.1 Å². The summed E-state index contributed by atoms with van der Waals surface area (Å²) in [6, 6.07) is 5.20. The third-order valence-corrected chi connectivity index (χ3v) is 2.98. The molecule has 0 fully saturated rings. The van der Waals surface area contributed by atoms with E-state index in [2.05, 4.69) is 30.1 Å². The number of aromatic nitrogens is 2. The number of carbonyl (C=O) groups is 2. The van der Waals surface area contributed by atoms with Crippen LogP contribution in [0.25, 0.3) is 11.4 Å². The van der Waals surface area contributed by atoms with Gasteiger partial charge in [0.2, 0.25) is 11.9 Å². The summed E-state index contributed by atoms with van der Waals surface area (Å²) >= 11 is 0. The number of carbonyl (C=O) groups excluding carboxylic acids is 2. The van der Waals surface area contributed by atoms with Gasteiger partial charge in [0.05, 0.1) is 36.0 Å². The molecule has 2 amide bonds. The molecule has 0 bridgehead atoms. The van der Waals surface area contributed by atoms with Crippen LogP contribution in [0.5, 0.6) is 0 Å². The smallest absolute Gasteiger partial charge is 0.411 e. The van der Waals surface area contributed by atoms with Crippen molar-refractivity contribution in [3.8, 4) is 11.4 Å². The van der Waals surface area contributed by atoms with Gasteiger partial charge in [0.25, 0.3) is 0 Å². The summed E-state index contributed by atoms with van der Waals surface area (Å²) in [5, 5.41) is 4.38. The van der Waals surface area contributed by atoms with Gasteiger partial charge in [-0.05, 0) is 38.1 Å². The minimum atomic E-state index is -0.980. The van der Waals surface area contributed by atoms with E-state index in [0.29, 0.717) is 0 Å². The lowest BCUT2D eigenvalue weighted by Gasteiger charge is -2.09. The second-order valence-corrected chi connectivity index (χ2v) is 4.76. The summed E-state index contributed by atoms with van der Waals surface area (Å²) in [5.74, 6) is -1.96. The van der Waals surface area contributed by atoms with Gasteiger partial charge in [-0.1, -0.05) is 0 Å². The van der Waals surface area contributed by atoms with Crippen LogP contribution in [0.15, 0.2) is 24.3 Å². The Balaban J connectivity index is 2.18. The van der Waals surface area contributed by atoms with Crippen LogP contribution in [0.4, 0.5) is 29.7 Å². The molecular formula is C16H16F2N4O4. The summed E-state index contributed by atoms with van der Waals surface area (Å²) in [6.45, 7) is 3.48. The maximum absolute atomic E-state index is 14.0. The molecule has 0 unspecified atom stereocenters. The number of ether oxygens (including phenoxy) is 2. The Kier molecular flexibility index (Phi) is 6.36. The van der Waals surface area contributed by atoms with E-state index in [-0.39, 0.29) is 36.0 Å². The van der Waals surface area contributed by atoms with E-state index >= 15 is 0 Å². The minimum absolute atomic E-state index is 0.0403. The highest BCUT2D eigenvalue weighted by molar-refractivity contribution is 5.85. The molecule has 2 rings (SSSR count). The Morgan fingerprint density at radius 3 is 1.54 bits per heavy atom. The molecule has 0 radical (unpaired) electrons. The van der Waals surface area contributed by atoms with Crippen molar-refractivity contribution >= 4 is 23.6 Å². The Morgan fingerprint density at radius 2 is 1.23 bits per heavy atom. The first-order valence-electron chi connectivity index (χ1n) is 7.65. The van der Waals surface area contributed by atoms with Gasteiger partial charge in [-0.15, -0.1) is 0 Å². The highest BCUT2D eigenvalue weighted by Gasteiger charge is 2.14. The van der Waals surface area contributed by atoms with Crippen LogP contribution in [-0.4, -0.2) is 35.4 Å². The predicted octanol–water partition coefficient (Wildman–Crippen LogP) is 3.56. The van der Waals surface area contributed by atoms with E-state index in [1.807, 2.05) is 0 Å². The third-order valence-electron chi connectivity index (χ3n) is 2.98. The molecule has 26 heavy (non-hydrogen) atoms. The number of halogens is 2. The highest BCUT2D eigenvalue weighted by Crippen LogP contribution is 2.22. The van der Waals surface area contributed by atoms with Crippen molar-refractivity contribution in [1.29, 1.82) is 0 Å². The maximum Gasteiger partial charge on any atom is 0.411 e. The summed E-state index contributed by atoms with van der Waals surface area (Å²) in [4.78, 5) is 29.9. The van der Waals surface area contributed by atoms with E-state index in [1.54, 1.807) is 13.8 Å². The van der Waals surface area contributed by atoms with Gasteiger partial charge < -0.3 is 9.47 Å². The Bertz CT molecular complexity index is 749. The fourth-order valence-electron chi connectivity index (χ4n) is 1.89. The summed E-state index contributed by atoms with van der Waals surface area (Å²) in [7, 11) is 0. The van der Waals surface area contributed by atoms with Gasteiger partial charge in [-0.3, -0.25) is 10.6 Å². The molecule has 0 aliphatic rings. The normalized spacial score (nSPS) is 10.2. The Labute approximate surface area is 147 Å². The number of nitrogens with one attached hydrogen (secondary N) is 2. The lowest BCUT2D eigenvalue weighted by Crippen LogP contribution is -2.15. The van der Waals surface area contributed by atoms with Crippen LogP contribution < -0.4 is 10.6 Å². The molecule has 2 aromatic rings. The molecule has 0 spiro atoms. The number of anilines is 2. The fourth-order valence-corrected chi connectivity index (χ4v) is 1.89. The number of pyridine rings is 2. The molecule has 10 heteroatoms. The predicted molar refractivity (Wildman–Crippen MR) is 88.7 cm³/mol. The van der Waals surface area contributed by atoms with E-state index in [4.69, 9.17) is 0 Å². The Hall–Kier alpha value is -3.30. The molecule has 0 aliphatic carbocycles. The molecule has 2 heterocycles. The van der Waals surface area contributed by atoms with Crippen molar-refractivity contribution < 1.29 is 27.8 Å². The number of hydrogen-bond acceptors (Lipinski definition) is 6. The van der Waals surface area contributed by atoms with Gasteiger partial charge in [0, 0.05) is 0 Å². The van der Waals surface area contributed by atoms with Gasteiger partial charge in [-0.25, -0.2) is 19.6 Å². The van der Waals surface area contributed by atoms with E-state index in [1.165, 1.54) is 24.3 Å². The summed E-state index contributed by atoms with van der Waals surface area (Å²) in [6.07, 6.45) is -1.64. The molecule has 138 valence electrons. The largest absolute Gasteiger partial charge is 0.450 e. The average Bonchev–Trinajstić information content (AvgIpc) is 2.59. The molecule has 0 aromatic carbocycles. The number of nitrogens with zero attached hydrogens (tertiary/aromatic N) is 2. The number of rotatable bonds is 5. The average molecular weight is 366 g/mol. The van der Waals surface area contributed by atoms with Gasteiger partial charge in [0.15, 0.2) is 0 Å². The monoisotopic (exact) mass is 366 g/mol. The van der Waals surface area contributed by atoms with Gasteiger partial charge in [-0.2, -0.15) is 8.78 Å². The van der Waals surface area contributed by atoms with Crippen LogP contribution in [0, 0.1) is 11.9 Å². The third kappa shape index (κ3) is 4.85. The SMILES string of the molecule is CCOC(=O)Nc1ccc(-c2ccc(NC(=O)OCC)c(F)n2)nc1F. The zero-order valence-corrected chi connectivity index (χ0v) is 14.0. The molecular weight excluding hydrogens is 350 g/mol. The van der Waals surface area contributed by atoms with E-state index in [9.17, 15) is 18.4 Å². The second-order valence-electron chi connectivity index (χ2n) is 4.76. The lowest BCUT2D eigenvalue weighted by atomic mass is 10.2. The van der Waals surface area contributed by atoms with Crippen molar-refractivity contribution in [2.45, 2.75) is 13.8 Å². The number of hydrogen-bond donors (Lipinski definition) is 2. The van der Waals surface area contributed by atoms with Gasteiger partial charge in [0.1, 0.15) is 0 Å². The zero-order chi connectivity index (χ0) is 19.1. The Morgan fingerprint density at radius 1 is 0.846 bits per heavy atom. The number of amides is 2. The van der Waals surface area contributed by atoms with Crippen LogP contribution in [-0.2, 0) is 9.47 Å². The van der Waals surface area contributed by atoms with E-state index in [0.717, 1.165) is 0 Å². The molecule has 0 atom stereocenters.